The van der Waals surface area contributed by atoms with Crippen molar-refractivity contribution in [2.75, 3.05) is 0 Å². The van der Waals surface area contributed by atoms with Gasteiger partial charge in [0.05, 0.1) is 11.1 Å². The van der Waals surface area contributed by atoms with Crippen LogP contribution in [0.25, 0.3) is 10.8 Å². The first-order valence-corrected chi connectivity index (χ1v) is 10.1. The second-order valence-corrected chi connectivity index (χ2v) is 7.29. The zero-order chi connectivity index (χ0) is 21.6. The van der Waals surface area contributed by atoms with E-state index in [4.69, 9.17) is 4.74 Å². The molecule has 0 unspecified atom stereocenters. The molecule has 1 aromatic heterocycles. The molecule has 156 valence electrons. The molecule has 0 spiro atoms. The van der Waals surface area contributed by atoms with Crippen LogP contribution in [-0.4, -0.2) is 15.7 Å². The van der Waals surface area contributed by atoms with Gasteiger partial charge >= 0.3 is 0 Å². The van der Waals surface area contributed by atoms with Crippen LogP contribution in [0, 0.1) is 6.92 Å². The van der Waals surface area contributed by atoms with Gasteiger partial charge in [-0.2, -0.15) is 5.10 Å². The number of rotatable bonds is 7. The topological polar surface area (TPSA) is 73.2 Å². The first-order chi connectivity index (χ1) is 15.1. The fourth-order valence-electron chi connectivity index (χ4n) is 3.42. The predicted octanol–water partition coefficient (Wildman–Crippen LogP) is 3.60. The zero-order valence-electron chi connectivity index (χ0n) is 17.2. The minimum atomic E-state index is -0.268. The summed E-state index contributed by atoms with van der Waals surface area (Å²) in [4.78, 5) is 25.1. The van der Waals surface area contributed by atoms with Gasteiger partial charge in [-0.1, -0.05) is 60.7 Å². The van der Waals surface area contributed by atoms with Gasteiger partial charge in [0.1, 0.15) is 18.9 Å². The van der Waals surface area contributed by atoms with Crippen molar-refractivity contribution in [3.8, 4) is 5.75 Å². The molecule has 31 heavy (non-hydrogen) atoms. The zero-order valence-corrected chi connectivity index (χ0v) is 17.2. The molecule has 6 nitrogen and oxygen atoms in total. The predicted molar refractivity (Wildman–Crippen MR) is 120 cm³/mol. The normalized spacial score (nSPS) is 10.7. The number of amides is 1. The maximum absolute atomic E-state index is 12.6. The molecular weight excluding hydrogens is 390 g/mol. The first-order valence-electron chi connectivity index (χ1n) is 10.1. The number of benzene rings is 3. The lowest BCUT2D eigenvalue weighted by Gasteiger charge is -2.10. The molecule has 0 aliphatic heterocycles. The van der Waals surface area contributed by atoms with Crippen molar-refractivity contribution in [3.63, 3.8) is 0 Å². The highest BCUT2D eigenvalue weighted by Crippen LogP contribution is 2.13. The molecule has 6 heteroatoms. The van der Waals surface area contributed by atoms with Crippen LogP contribution < -0.4 is 15.6 Å². The maximum Gasteiger partial charge on any atom is 0.275 e. The fourth-order valence-corrected chi connectivity index (χ4v) is 3.42. The van der Waals surface area contributed by atoms with Gasteiger partial charge in [-0.15, -0.1) is 0 Å². The molecule has 4 aromatic rings. The highest BCUT2D eigenvalue weighted by molar-refractivity contribution is 5.83. The average molecular weight is 413 g/mol. The first kappa shape index (κ1) is 20.3. The Kier molecular flexibility index (Phi) is 6.08. The van der Waals surface area contributed by atoms with Gasteiger partial charge in [-0.05, 0) is 36.2 Å². The number of hydrogen-bond donors (Lipinski definition) is 1. The Morgan fingerprint density at radius 3 is 2.45 bits per heavy atom. The van der Waals surface area contributed by atoms with Crippen LogP contribution in [0.1, 0.15) is 16.8 Å². The Bertz CT molecular complexity index is 1270. The summed E-state index contributed by atoms with van der Waals surface area (Å²) < 4.78 is 7.00. The molecule has 0 saturated carbocycles. The second-order valence-electron chi connectivity index (χ2n) is 7.29. The Labute approximate surface area is 180 Å². The summed E-state index contributed by atoms with van der Waals surface area (Å²) in [6.45, 7) is 2.52. The van der Waals surface area contributed by atoms with Crippen LogP contribution in [0.5, 0.6) is 5.75 Å². The van der Waals surface area contributed by atoms with E-state index < -0.39 is 0 Å². The highest BCUT2D eigenvalue weighted by Gasteiger charge is 2.11. The van der Waals surface area contributed by atoms with Gasteiger partial charge in [-0.3, -0.25) is 9.59 Å². The molecule has 0 saturated heterocycles. The molecule has 1 amide bonds. The van der Waals surface area contributed by atoms with Crippen LogP contribution >= 0.6 is 0 Å². The molecule has 0 radical (unpaired) electrons. The smallest absolute Gasteiger partial charge is 0.275 e. The van der Waals surface area contributed by atoms with E-state index in [1.165, 1.54) is 4.68 Å². The summed E-state index contributed by atoms with van der Waals surface area (Å²) in [6, 6.07) is 24.8. The van der Waals surface area contributed by atoms with Gasteiger partial charge in [0.25, 0.3) is 5.56 Å². The van der Waals surface area contributed by atoms with Gasteiger partial charge in [0, 0.05) is 11.9 Å². The minimum Gasteiger partial charge on any atom is -0.489 e. The van der Waals surface area contributed by atoms with Gasteiger partial charge < -0.3 is 10.1 Å². The Hall–Kier alpha value is -3.93. The van der Waals surface area contributed by atoms with Crippen LogP contribution in [0.15, 0.2) is 83.7 Å². The van der Waals surface area contributed by atoms with Crippen molar-refractivity contribution in [2.24, 2.45) is 0 Å². The molecule has 4 rings (SSSR count). The quantitative estimate of drug-likeness (QED) is 0.502. The van der Waals surface area contributed by atoms with E-state index in [9.17, 15) is 9.59 Å². The fraction of sp³-hybridized carbons (Fsp3) is 0.160. The van der Waals surface area contributed by atoms with Crippen molar-refractivity contribution in [1.82, 2.24) is 15.1 Å². The number of carbonyl (C=O) groups is 1. The van der Waals surface area contributed by atoms with E-state index >= 15 is 0 Å². The summed E-state index contributed by atoms with van der Waals surface area (Å²) in [5, 5.41) is 8.52. The number of fused-ring (bicyclic) bond motifs is 1. The van der Waals surface area contributed by atoms with Crippen molar-refractivity contribution < 1.29 is 9.53 Å². The number of ether oxygens (including phenoxy) is 1. The standard InChI is InChI=1S/C25H23N3O3/c1-18-22-12-5-6-13-23(22)25(30)28(27-18)16-24(29)26-15-19-8-7-9-20(14-19)17-31-21-10-3-2-4-11-21/h2-14H,15-17H2,1H3,(H,26,29). The number of hydrogen-bond acceptors (Lipinski definition) is 4. The van der Waals surface area contributed by atoms with Crippen LogP contribution in [0.2, 0.25) is 0 Å². The summed E-state index contributed by atoms with van der Waals surface area (Å²) >= 11 is 0. The summed E-state index contributed by atoms with van der Waals surface area (Å²) in [5.41, 5.74) is 2.42. The molecule has 3 aromatic carbocycles. The lowest BCUT2D eigenvalue weighted by atomic mass is 10.1. The average Bonchev–Trinajstić information content (AvgIpc) is 2.81. The number of nitrogens with one attached hydrogen (secondary N) is 1. The van der Waals surface area contributed by atoms with E-state index in [0.29, 0.717) is 24.2 Å². The van der Waals surface area contributed by atoms with E-state index in [1.54, 1.807) is 6.07 Å². The van der Waals surface area contributed by atoms with Crippen LogP contribution in [0.4, 0.5) is 0 Å². The van der Waals surface area contributed by atoms with Crippen molar-refractivity contribution >= 4 is 16.7 Å². The molecule has 1 N–H and O–H groups in total. The van der Waals surface area contributed by atoms with E-state index in [2.05, 4.69) is 10.4 Å². The van der Waals surface area contributed by atoms with E-state index in [1.807, 2.05) is 79.7 Å². The molecule has 0 atom stereocenters. The second kappa shape index (κ2) is 9.26. The number of aryl methyl sites for hydroxylation is 1. The van der Waals surface area contributed by atoms with E-state index in [0.717, 1.165) is 22.3 Å². The largest absolute Gasteiger partial charge is 0.489 e. The Balaban J connectivity index is 1.38. The van der Waals surface area contributed by atoms with Gasteiger partial charge in [0.2, 0.25) is 5.91 Å². The van der Waals surface area contributed by atoms with Crippen molar-refractivity contribution in [2.45, 2.75) is 26.6 Å². The lowest BCUT2D eigenvalue weighted by molar-refractivity contribution is -0.122. The number of para-hydroxylation sites is 1. The van der Waals surface area contributed by atoms with Crippen LogP contribution in [-0.2, 0) is 24.5 Å². The minimum absolute atomic E-state index is 0.124. The molecule has 0 aliphatic rings. The highest BCUT2D eigenvalue weighted by atomic mass is 16.5. The molecule has 0 bridgehead atoms. The SMILES string of the molecule is Cc1nn(CC(=O)NCc2cccc(COc3ccccc3)c2)c(=O)c2ccccc12. The maximum atomic E-state index is 12.6. The third-order valence-corrected chi connectivity index (χ3v) is 4.98. The summed E-state index contributed by atoms with van der Waals surface area (Å²) in [7, 11) is 0. The Morgan fingerprint density at radius 1 is 0.935 bits per heavy atom. The third-order valence-electron chi connectivity index (χ3n) is 4.98. The van der Waals surface area contributed by atoms with Gasteiger partial charge in [0.15, 0.2) is 0 Å². The van der Waals surface area contributed by atoms with Crippen LogP contribution in [0.3, 0.4) is 0 Å². The number of nitrogens with zero attached hydrogens (tertiary/aromatic N) is 2. The third kappa shape index (κ3) is 4.98. The van der Waals surface area contributed by atoms with E-state index in [-0.39, 0.29) is 18.0 Å². The monoisotopic (exact) mass is 413 g/mol. The van der Waals surface area contributed by atoms with Crippen molar-refractivity contribution in [3.05, 3.63) is 106 Å². The summed E-state index contributed by atoms with van der Waals surface area (Å²) in [6.07, 6.45) is 0. The lowest BCUT2D eigenvalue weighted by Crippen LogP contribution is -2.33. The summed E-state index contributed by atoms with van der Waals surface area (Å²) in [5.74, 6) is 0.542. The molecule has 0 aliphatic carbocycles. The Morgan fingerprint density at radius 2 is 1.65 bits per heavy atom. The van der Waals surface area contributed by atoms with Crippen molar-refractivity contribution in [1.29, 1.82) is 0 Å². The molecule has 1 heterocycles. The van der Waals surface area contributed by atoms with Gasteiger partial charge in [-0.25, -0.2) is 4.68 Å². The number of aromatic nitrogens is 2. The molecular formula is C25H23N3O3. The number of carbonyl (C=O) groups excluding carboxylic acids is 1. The molecule has 0 fully saturated rings.